The van der Waals surface area contributed by atoms with E-state index in [0.717, 1.165) is 17.1 Å². The maximum atomic E-state index is 14.8. The van der Waals surface area contributed by atoms with Crippen molar-refractivity contribution in [1.82, 2.24) is 14.9 Å². The lowest BCUT2D eigenvalue weighted by atomic mass is 10.0. The van der Waals surface area contributed by atoms with E-state index in [9.17, 15) is 8.78 Å². The lowest BCUT2D eigenvalue weighted by Crippen LogP contribution is -2.31. The lowest BCUT2D eigenvalue weighted by molar-refractivity contribution is 0.541. The molecule has 1 aliphatic rings. The van der Waals surface area contributed by atoms with Gasteiger partial charge in [-0.15, -0.1) is 0 Å². The summed E-state index contributed by atoms with van der Waals surface area (Å²) in [5.74, 6) is -0.668. The summed E-state index contributed by atoms with van der Waals surface area (Å²) in [6, 6.07) is 21.7. The molecule has 0 unspecified atom stereocenters. The minimum Gasteiger partial charge on any atom is -0.351 e. The summed E-state index contributed by atoms with van der Waals surface area (Å²) in [5, 5.41) is 3.74. The van der Waals surface area contributed by atoms with Crippen molar-refractivity contribution in [3.63, 3.8) is 0 Å². The summed E-state index contributed by atoms with van der Waals surface area (Å²) in [6.07, 6.45) is 3.63. The standard InChI is InChI=1S/C24H18F2N4S/c25-16-10-12-17(13-11-16)29-15-5-9-21(29)23-22(19-7-3-4-14-27-19)28-24(31)30(23)20-8-2-1-6-18(20)26/h1-15,22-23H,(H,28,31)/t22-,23-/m0/s1. The first-order chi connectivity index (χ1) is 15.1. The summed E-state index contributed by atoms with van der Waals surface area (Å²) in [5.41, 5.74) is 2.85. The Balaban J connectivity index is 1.68. The van der Waals surface area contributed by atoms with Gasteiger partial charge in [-0.05, 0) is 72.9 Å². The van der Waals surface area contributed by atoms with Crippen molar-refractivity contribution in [2.24, 2.45) is 0 Å². The Morgan fingerprint density at radius 1 is 0.871 bits per heavy atom. The van der Waals surface area contributed by atoms with Crippen LogP contribution >= 0.6 is 12.2 Å². The summed E-state index contributed by atoms with van der Waals surface area (Å²) < 4.78 is 30.3. The number of halogens is 2. The molecule has 1 saturated heterocycles. The van der Waals surface area contributed by atoms with Crippen molar-refractivity contribution < 1.29 is 8.78 Å². The Bertz CT molecular complexity index is 1220. The zero-order valence-electron chi connectivity index (χ0n) is 16.3. The third-order valence-corrected chi connectivity index (χ3v) is 5.71. The van der Waals surface area contributed by atoms with Crippen LogP contribution in [0.5, 0.6) is 0 Å². The van der Waals surface area contributed by atoms with Gasteiger partial charge in [0.05, 0.1) is 17.4 Å². The van der Waals surface area contributed by atoms with Crippen LogP contribution in [-0.2, 0) is 0 Å². The van der Waals surface area contributed by atoms with E-state index < -0.39 is 0 Å². The van der Waals surface area contributed by atoms with Gasteiger partial charge in [-0.25, -0.2) is 8.78 Å². The van der Waals surface area contributed by atoms with Crippen molar-refractivity contribution in [2.45, 2.75) is 12.1 Å². The molecule has 2 atom stereocenters. The van der Waals surface area contributed by atoms with Gasteiger partial charge < -0.3 is 14.8 Å². The highest BCUT2D eigenvalue weighted by Gasteiger charge is 2.42. The fourth-order valence-corrected chi connectivity index (χ4v) is 4.37. The molecule has 0 saturated carbocycles. The average molecular weight is 432 g/mol. The van der Waals surface area contributed by atoms with Gasteiger partial charge in [-0.2, -0.15) is 0 Å². The summed E-state index contributed by atoms with van der Waals surface area (Å²) in [6.45, 7) is 0. The van der Waals surface area contributed by atoms with E-state index >= 15 is 0 Å². The second-order valence-corrected chi connectivity index (χ2v) is 7.61. The summed E-state index contributed by atoms with van der Waals surface area (Å²) in [7, 11) is 0. The molecule has 7 heteroatoms. The number of thiocarbonyl (C=S) groups is 1. The smallest absolute Gasteiger partial charge is 0.174 e. The zero-order valence-corrected chi connectivity index (χ0v) is 17.1. The highest BCUT2D eigenvalue weighted by molar-refractivity contribution is 7.80. The molecule has 4 aromatic rings. The largest absolute Gasteiger partial charge is 0.351 e. The second kappa shape index (κ2) is 7.92. The molecule has 1 aliphatic heterocycles. The first kappa shape index (κ1) is 19.4. The molecule has 31 heavy (non-hydrogen) atoms. The normalized spacial score (nSPS) is 18.3. The van der Waals surface area contributed by atoms with Crippen LogP contribution in [0.3, 0.4) is 0 Å². The van der Waals surface area contributed by atoms with E-state index in [2.05, 4.69) is 10.3 Å². The van der Waals surface area contributed by atoms with E-state index in [1.807, 2.05) is 41.1 Å². The first-order valence-corrected chi connectivity index (χ1v) is 10.2. The second-order valence-electron chi connectivity index (χ2n) is 7.23. The Morgan fingerprint density at radius 2 is 1.65 bits per heavy atom. The van der Waals surface area contributed by atoms with E-state index in [1.54, 1.807) is 41.4 Å². The van der Waals surface area contributed by atoms with Gasteiger partial charge in [0, 0.05) is 23.8 Å². The topological polar surface area (TPSA) is 33.1 Å². The predicted molar refractivity (Wildman–Crippen MR) is 120 cm³/mol. The molecule has 0 bridgehead atoms. The molecule has 1 N–H and O–H groups in total. The van der Waals surface area contributed by atoms with Gasteiger partial charge in [0.15, 0.2) is 5.11 Å². The number of aromatic nitrogens is 2. The fraction of sp³-hybridized carbons (Fsp3) is 0.0833. The van der Waals surface area contributed by atoms with Gasteiger partial charge >= 0.3 is 0 Å². The quantitative estimate of drug-likeness (QED) is 0.442. The van der Waals surface area contributed by atoms with Crippen LogP contribution < -0.4 is 10.2 Å². The van der Waals surface area contributed by atoms with Crippen LogP contribution in [0.25, 0.3) is 5.69 Å². The predicted octanol–water partition coefficient (Wildman–Crippen LogP) is 5.33. The van der Waals surface area contributed by atoms with Crippen molar-refractivity contribution in [3.05, 3.63) is 114 Å². The number of nitrogens with zero attached hydrogens (tertiary/aromatic N) is 3. The molecule has 5 rings (SSSR count). The van der Waals surface area contributed by atoms with Crippen molar-refractivity contribution in [3.8, 4) is 5.69 Å². The highest BCUT2D eigenvalue weighted by Crippen LogP contribution is 2.42. The molecule has 154 valence electrons. The van der Waals surface area contributed by atoms with Crippen LogP contribution in [0.1, 0.15) is 23.5 Å². The lowest BCUT2D eigenvalue weighted by Gasteiger charge is -2.29. The maximum absolute atomic E-state index is 14.8. The number of benzene rings is 2. The van der Waals surface area contributed by atoms with Gasteiger partial charge in [-0.1, -0.05) is 18.2 Å². The Hall–Kier alpha value is -3.58. The summed E-state index contributed by atoms with van der Waals surface area (Å²) >= 11 is 5.65. The van der Waals surface area contributed by atoms with Crippen molar-refractivity contribution in [1.29, 1.82) is 0 Å². The van der Waals surface area contributed by atoms with Gasteiger partial charge in [0.1, 0.15) is 17.7 Å². The third-order valence-electron chi connectivity index (χ3n) is 5.40. The number of hydrogen-bond acceptors (Lipinski definition) is 2. The molecule has 2 aromatic carbocycles. The molecule has 1 fully saturated rings. The summed E-state index contributed by atoms with van der Waals surface area (Å²) in [4.78, 5) is 6.31. The Kier molecular flexibility index (Phi) is 4.95. The van der Waals surface area contributed by atoms with E-state index in [0.29, 0.717) is 10.8 Å². The minimum atomic E-state index is -0.376. The maximum Gasteiger partial charge on any atom is 0.174 e. The van der Waals surface area contributed by atoms with Crippen LogP contribution in [0, 0.1) is 11.6 Å². The first-order valence-electron chi connectivity index (χ1n) is 9.82. The minimum absolute atomic E-state index is 0.303. The van der Waals surface area contributed by atoms with Gasteiger partial charge in [-0.3, -0.25) is 4.98 Å². The van der Waals surface area contributed by atoms with Gasteiger partial charge in [0.25, 0.3) is 0 Å². The Labute approximate surface area is 183 Å². The molecule has 0 radical (unpaired) electrons. The van der Waals surface area contributed by atoms with Crippen LogP contribution in [0.15, 0.2) is 91.3 Å². The average Bonchev–Trinajstić information content (AvgIpc) is 3.40. The van der Waals surface area contributed by atoms with Crippen LogP contribution in [0.4, 0.5) is 14.5 Å². The number of rotatable bonds is 4. The molecular weight excluding hydrogens is 414 g/mol. The highest BCUT2D eigenvalue weighted by atomic mass is 32.1. The molecule has 3 heterocycles. The third kappa shape index (κ3) is 3.47. The molecule has 2 aromatic heterocycles. The van der Waals surface area contributed by atoms with Crippen molar-refractivity contribution >= 4 is 23.0 Å². The fourth-order valence-electron chi connectivity index (χ4n) is 4.03. The molecule has 4 nitrogen and oxygen atoms in total. The number of hydrogen-bond donors (Lipinski definition) is 1. The zero-order chi connectivity index (χ0) is 21.4. The molecule has 0 spiro atoms. The molecular formula is C24H18F2N4S. The molecule has 0 aliphatic carbocycles. The number of nitrogens with one attached hydrogen (secondary N) is 1. The SMILES string of the molecule is Fc1ccc(-n2cccc2[C@H]2[C@H](c3ccccn3)NC(=S)N2c2ccccc2F)cc1. The van der Waals surface area contributed by atoms with Gasteiger partial charge in [0.2, 0.25) is 0 Å². The van der Waals surface area contributed by atoms with Crippen molar-refractivity contribution in [2.75, 3.05) is 4.90 Å². The van der Waals surface area contributed by atoms with E-state index in [4.69, 9.17) is 12.2 Å². The molecule has 0 amide bonds. The number of anilines is 1. The number of pyridine rings is 1. The van der Waals surface area contributed by atoms with E-state index in [-0.39, 0.29) is 23.7 Å². The Morgan fingerprint density at radius 3 is 2.39 bits per heavy atom. The number of para-hydroxylation sites is 1. The van der Waals surface area contributed by atoms with Crippen LogP contribution in [-0.4, -0.2) is 14.7 Å². The van der Waals surface area contributed by atoms with Crippen LogP contribution in [0.2, 0.25) is 0 Å². The van der Waals surface area contributed by atoms with E-state index in [1.165, 1.54) is 18.2 Å². The monoisotopic (exact) mass is 432 g/mol.